The van der Waals surface area contributed by atoms with Crippen LogP contribution in [0.25, 0.3) is 0 Å². The van der Waals surface area contributed by atoms with Crippen LogP contribution in [0.1, 0.15) is 25.1 Å². The van der Waals surface area contributed by atoms with Crippen molar-refractivity contribution in [3.8, 4) is 0 Å². The zero-order chi connectivity index (χ0) is 13.5. The Labute approximate surface area is 108 Å². The van der Waals surface area contributed by atoms with Crippen molar-refractivity contribution in [1.82, 2.24) is 9.88 Å². The average Bonchev–Trinajstić information content (AvgIpc) is 2.38. The van der Waals surface area contributed by atoms with E-state index >= 15 is 0 Å². The normalized spacial score (nSPS) is 11.0. The molecule has 0 aromatic carbocycles. The van der Waals surface area contributed by atoms with E-state index in [1.54, 1.807) is 6.20 Å². The van der Waals surface area contributed by atoms with Gasteiger partial charge in [-0.25, -0.2) is 0 Å². The summed E-state index contributed by atoms with van der Waals surface area (Å²) < 4.78 is 4.70. The fraction of sp³-hybridized carbons (Fsp3) is 0.538. The van der Waals surface area contributed by atoms with Crippen molar-refractivity contribution in [2.24, 2.45) is 5.73 Å². The molecular weight excluding hydrogens is 230 g/mol. The van der Waals surface area contributed by atoms with Gasteiger partial charge >= 0.3 is 5.97 Å². The van der Waals surface area contributed by atoms with Crippen LogP contribution >= 0.6 is 0 Å². The summed E-state index contributed by atoms with van der Waals surface area (Å²) in [5, 5.41) is 0. The second-order valence-electron chi connectivity index (χ2n) is 4.39. The molecule has 1 aromatic heterocycles. The quantitative estimate of drug-likeness (QED) is 0.762. The highest BCUT2D eigenvalue weighted by Gasteiger charge is 2.16. The molecule has 0 aliphatic carbocycles. The van der Waals surface area contributed by atoms with Crippen LogP contribution < -0.4 is 5.73 Å². The molecule has 5 heteroatoms. The maximum atomic E-state index is 11.4. The Morgan fingerprint density at radius 1 is 1.56 bits per heavy atom. The van der Waals surface area contributed by atoms with Crippen molar-refractivity contribution in [2.75, 3.05) is 13.7 Å². The van der Waals surface area contributed by atoms with E-state index in [0.29, 0.717) is 13.1 Å². The van der Waals surface area contributed by atoms with Crippen LogP contribution in [0.15, 0.2) is 18.3 Å². The van der Waals surface area contributed by atoms with Crippen molar-refractivity contribution in [3.05, 3.63) is 29.6 Å². The monoisotopic (exact) mass is 251 g/mol. The Morgan fingerprint density at radius 2 is 2.28 bits per heavy atom. The number of carbonyl (C=O) groups excluding carboxylic acids is 1. The molecule has 2 N–H and O–H groups in total. The molecule has 100 valence electrons. The third-order valence-electron chi connectivity index (χ3n) is 2.84. The largest absolute Gasteiger partial charge is 0.468 e. The average molecular weight is 251 g/mol. The van der Waals surface area contributed by atoms with Gasteiger partial charge in [0.15, 0.2) is 0 Å². The molecule has 0 amide bonds. The number of esters is 1. The smallest absolute Gasteiger partial charge is 0.319 e. The molecule has 0 radical (unpaired) electrons. The number of hydrogen-bond donors (Lipinski definition) is 1. The summed E-state index contributed by atoms with van der Waals surface area (Å²) in [5.74, 6) is -0.234. The Hall–Kier alpha value is -1.46. The number of methoxy groups -OCH3 is 1. The number of nitrogens with two attached hydrogens (primary N) is 1. The lowest BCUT2D eigenvalue weighted by Gasteiger charge is -2.25. The van der Waals surface area contributed by atoms with Gasteiger partial charge in [-0.2, -0.15) is 0 Å². The predicted octanol–water partition coefficient (Wildman–Crippen LogP) is 0.924. The molecule has 0 spiro atoms. The van der Waals surface area contributed by atoms with Gasteiger partial charge in [0.05, 0.1) is 19.3 Å². The summed E-state index contributed by atoms with van der Waals surface area (Å²) in [4.78, 5) is 17.6. The van der Waals surface area contributed by atoms with E-state index in [4.69, 9.17) is 10.5 Å². The highest BCUT2D eigenvalue weighted by molar-refractivity contribution is 5.71. The van der Waals surface area contributed by atoms with Crippen molar-refractivity contribution >= 4 is 5.97 Å². The lowest BCUT2D eigenvalue weighted by molar-refractivity contribution is -0.142. The van der Waals surface area contributed by atoms with Gasteiger partial charge in [0.1, 0.15) is 0 Å². The zero-order valence-electron chi connectivity index (χ0n) is 11.2. The molecule has 18 heavy (non-hydrogen) atoms. The molecule has 0 unspecified atom stereocenters. The Kier molecular flexibility index (Phi) is 5.74. The van der Waals surface area contributed by atoms with Gasteiger partial charge in [-0.3, -0.25) is 14.7 Å². The van der Waals surface area contributed by atoms with Gasteiger partial charge in [-0.05, 0) is 25.5 Å². The summed E-state index contributed by atoms with van der Waals surface area (Å²) in [6.45, 7) is 5.41. The standard InChI is InChI=1S/C13H21N3O2/c1-10(2)16(9-13(17)18-3)8-11-5-4-6-15-12(11)7-14/h4-6,10H,7-9,14H2,1-3H3. The van der Waals surface area contributed by atoms with Crippen LogP contribution in [0.3, 0.4) is 0 Å². The second kappa shape index (κ2) is 7.08. The minimum atomic E-state index is -0.234. The summed E-state index contributed by atoms with van der Waals surface area (Å²) in [6.07, 6.45) is 1.73. The summed E-state index contributed by atoms with van der Waals surface area (Å²) >= 11 is 0. The Bertz CT molecular complexity index is 394. The molecular formula is C13H21N3O2. The number of ether oxygens (including phenoxy) is 1. The maximum absolute atomic E-state index is 11.4. The molecule has 0 aliphatic heterocycles. The number of carbonyl (C=O) groups is 1. The first kappa shape index (κ1) is 14.6. The molecule has 1 aromatic rings. The third kappa shape index (κ3) is 4.09. The van der Waals surface area contributed by atoms with E-state index in [1.165, 1.54) is 7.11 Å². The Balaban J connectivity index is 2.79. The topological polar surface area (TPSA) is 68.5 Å². The fourth-order valence-electron chi connectivity index (χ4n) is 1.67. The molecule has 1 heterocycles. The summed E-state index contributed by atoms with van der Waals surface area (Å²) in [6, 6.07) is 4.11. The fourth-order valence-corrected chi connectivity index (χ4v) is 1.67. The van der Waals surface area contributed by atoms with Gasteiger partial charge in [0.25, 0.3) is 0 Å². The lowest BCUT2D eigenvalue weighted by Crippen LogP contribution is -2.36. The summed E-state index contributed by atoms with van der Waals surface area (Å²) in [5.41, 5.74) is 7.58. The number of aromatic nitrogens is 1. The molecule has 0 aliphatic rings. The predicted molar refractivity (Wildman–Crippen MR) is 69.7 cm³/mol. The van der Waals surface area contributed by atoms with E-state index in [1.807, 2.05) is 30.9 Å². The maximum Gasteiger partial charge on any atom is 0.319 e. The number of hydrogen-bond acceptors (Lipinski definition) is 5. The van der Waals surface area contributed by atoms with Crippen molar-refractivity contribution in [2.45, 2.75) is 33.0 Å². The molecule has 0 saturated carbocycles. The number of nitrogens with zero attached hydrogens (tertiary/aromatic N) is 2. The molecule has 0 fully saturated rings. The van der Waals surface area contributed by atoms with E-state index < -0.39 is 0 Å². The molecule has 0 saturated heterocycles. The van der Waals surface area contributed by atoms with Gasteiger partial charge in [0, 0.05) is 25.3 Å². The van der Waals surface area contributed by atoms with Gasteiger partial charge in [-0.15, -0.1) is 0 Å². The van der Waals surface area contributed by atoms with Crippen LogP contribution in [-0.2, 0) is 22.6 Å². The number of rotatable bonds is 6. The van der Waals surface area contributed by atoms with Gasteiger partial charge in [-0.1, -0.05) is 6.07 Å². The molecule has 5 nitrogen and oxygen atoms in total. The van der Waals surface area contributed by atoms with Gasteiger partial charge in [0.2, 0.25) is 0 Å². The van der Waals surface area contributed by atoms with Crippen molar-refractivity contribution in [3.63, 3.8) is 0 Å². The third-order valence-corrected chi connectivity index (χ3v) is 2.84. The van der Waals surface area contributed by atoms with E-state index in [0.717, 1.165) is 11.3 Å². The van der Waals surface area contributed by atoms with E-state index in [-0.39, 0.29) is 18.6 Å². The molecule has 0 atom stereocenters. The van der Waals surface area contributed by atoms with Crippen molar-refractivity contribution < 1.29 is 9.53 Å². The SMILES string of the molecule is COC(=O)CN(Cc1cccnc1CN)C(C)C. The van der Waals surface area contributed by atoms with Crippen LogP contribution in [-0.4, -0.2) is 35.5 Å². The van der Waals surface area contributed by atoms with E-state index in [9.17, 15) is 4.79 Å². The lowest BCUT2D eigenvalue weighted by atomic mass is 10.1. The molecule has 1 rings (SSSR count). The first-order valence-electron chi connectivity index (χ1n) is 6.02. The summed E-state index contributed by atoms with van der Waals surface area (Å²) in [7, 11) is 1.40. The van der Waals surface area contributed by atoms with Gasteiger partial charge < -0.3 is 10.5 Å². The van der Waals surface area contributed by atoms with Crippen LogP contribution in [0.5, 0.6) is 0 Å². The number of pyridine rings is 1. The minimum Gasteiger partial charge on any atom is -0.468 e. The molecule has 0 bridgehead atoms. The van der Waals surface area contributed by atoms with Crippen LogP contribution in [0.2, 0.25) is 0 Å². The first-order valence-corrected chi connectivity index (χ1v) is 6.02. The van der Waals surface area contributed by atoms with Crippen LogP contribution in [0, 0.1) is 0 Å². The van der Waals surface area contributed by atoms with Crippen LogP contribution in [0.4, 0.5) is 0 Å². The first-order chi connectivity index (χ1) is 8.58. The second-order valence-corrected chi connectivity index (χ2v) is 4.39. The highest BCUT2D eigenvalue weighted by atomic mass is 16.5. The van der Waals surface area contributed by atoms with Crippen molar-refractivity contribution in [1.29, 1.82) is 0 Å². The highest BCUT2D eigenvalue weighted by Crippen LogP contribution is 2.11. The zero-order valence-corrected chi connectivity index (χ0v) is 11.2. The van der Waals surface area contributed by atoms with E-state index in [2.05, 4.69) is 4.98 Å². The Morgan fingerprint density at radius 3 is 2.83 bits per heavy atom. The minimum absolute atomic E-state index is 0.234.